The van der Waals surface area contributed by atoms with Gasteiger partial charge in [-0.3, -0.25) is 10.0 Å². The third-order valence-corrected chi connectivity index (χ3v) is 3.66. The summed E-state index contributed by atoms with van der Waals surface area (Å²) in [7, 11) is 0. The molecular formula is C15H13ClN4O2. The van der Waals surface area contributed by atoms with Crippen LogP contribution in [0, 0.1) is 0 Å². The number of hydrogen-bond acceptors (Lipinski definition) is 6. The normalized spacial score (nSPS) is 21.5. The number of aliphatic imine (C=N–C) groups is 2. The van der Waals surface area contributed by atoms with Gasteiger partial charge in [-0.15, -0.1) is 0 Å². The molecule has 1 unspecified atom stereocenters. The smallest absolute Gasteiger partial charge is 0.231 e. The van der Waals surface area contributed by atoms with Crippen LogP contribution >= 0.6 is 11.6 Å². The van der Waals surface area contributed by atoms with Gasteiger partial charge < -0.3 is 9.47 Å². The molecule has 0 saturated heterocycles. The van der Waals surface area contributed by atoms with Crippen LogP contribution in [0.15, 0.2) is 52.1 Å². The fraction of sp³-hybridized carbons (Fsp3) is 0.200. The molecule has 0 fully saturated rings. The summed E-state index contributed by atoms with van der Waals surface area (Å²) in [4.78, 5) is 8.41. The molecule has 1 atom stereocenters. The van der Waals surface area contributed by atoms with Crippen molar-refractivity contribution in [2.75, 3.05) is 6.79 Å². The van der Waals surface area contributed by atoms with Gasteiger partial charge in [0.25, 0.3) is 0 Å². The average Bonchev–Trinajstić information content (AvgIpc) is 3.00. The van der Waals surface area contributed by atoms with Crippen LogP contribution in [0.3, 0.4) is 0 Å². The van der Waals surface area contributed by atoms with Crippen molar-refractivity contribution in [1.29, 1.82) is 0 Å². The lowest BCUT2D eigenvalue weighted by Gasteiger charge is -2.28. The maximum Gasteiger partial charge on any atom is 0.231 e. The first-order valence-electron chi connectivity index (χ1n) is 6.85. The Morgan fingerprint density at radius 3 is 3.18 bits per heavy atom. The van der Waals surface area contributed by atoms with Gasteiger partial charge in [0.2, 0.25) is 12.4 Å². The summed E-state index contributed by atoms with van der Waals surface area (Å²) in [5.41, 5.74) is 4.74. The first kappa shape index (κ1) is 13.4. The van der Waals surface area contributed by atoms with E-state index in [2.05, 4.69) is 15.4 Å². The first-order valence-corrected chi connectivity index (χ1v) is 7.28. The number of alkyl halides is 1. The molecule has 4 rings (SSSR count). The summed E-state index contributed by atoms with van der Waals surface area (Å²) in [6.45, 7) is 0.903. The molecule has 1 aromatic carbocycles. The molecule has 0 saturated carbocycles. The number of nitrogens with one attached hydrogen (secondary N) is 1. The first-order chi connectivity index (χ1) is 10.8. The number of rotatable bonds is 3. The van der Waals surface area contributed by atoms with Crippen molar-refractivity contribution in [3.63, 3.8) is 0 Å². The van der Waals surface area contributed by atoms with Gasteiger partial charge >= 0.3 is 0 Å². The van der Waals surface area contributed by atoms with Gasteiger partial charge in [-0.05, 0) is 29.8 Å². The van der Waals surface area contributed by atoms with Crippen molar-refractivity contribution in [3.05, 3.63) is 47.7 Å². The Morgan fingerprint density at radius 2 is 2.23 bits per heavy atom. The molecule has 0 spiro atoms. The number of ether oxygens (including phenoxy) is 2. The van der Waals surface area contributed by atoms with Crippen molar-refractivity contribution in [2.45, 2.75) is 12.2 Å². The van der Waals surface area contributed by atoms with E-state index in [0.717, 1.165) is 28.5 Å². The van der Waals surface area contributed by atoms with Crippen molar-refractivity contribution in [2.24, 2.45) is 9.98 Å². The van der Waals surface area contributed by atoms with Crippen LogP contribution in [-0.4, -0.2) is 29.5 Å². The molecule has 0 radical (unpaired) electrons. The van der Waals surface area contributed by atoms with Crippen LogP contribution in [0.2, 0.25) is 0 Å². The van der Waals surface area contributed by atoms with Crippen molar-refractivity contribution in [1.82, 2.24) is 10.4 Å². The number of fused-ring (bicyclic) bond motifs is 2. The predicted octanol–water partition coefficient (Wildman–Crippen LogP) is 2.18. The van der Waals surface area contributed by atoms with E-state index in [4.69, 9.17) is 21.1 Å². The summed E-state index contributed by atoms with van der Waals surface area (Å²) in [5.74, 6) is 2.32. The molecule has 1 aromatic rings. The monoisotopic (exact) mass is 316 g/mol. The highest BCUT2D eigenvalue weighted by Gasteiger charge is 2.20. The van der Waals surface area contributed by atoms with E-state index in [-0.39, 0.29) is 6.79 Å². The number of halogens is 1. The summed E-state index contributed by atoms with van der Waals surface area (Å²) in [6.07, 6.45) is 7.52. The van der Waals surface area contributed by atoms with Crippen LogP contribution in [0.1, 0.15) is 5.56 Å². The summed E-state index contributed by atoms with van der Waals surface area (Å²) in [5, 5.41) is 1.85. The Morgan fingerprint density at radius 1 is 1.32 bits per heavy atom. The highest BCUT2D eigenvalue weighted by molar-refractivity contribution is 6.25. The SMILES string of the molecule is ClC1N=CC2=CC=CN(NCc3ccc4c(c3)OCO4)C2=N1. The highest BCUT2D eigenvalue weighted by atomic mass is 35.5. The Hall–Kier alpha value is -2.31. The quantitative estimate of drug-likeness (QED) is 0.686. The second-order valence-electron chi connectivity index (χ2n) is 4.90. The fourth-order valence-electron chi connectivity index (χ4n) is 2.39. The van der Waals surface area contributed by atoms with Crippen LogP contribution in [0.4, 0.5) is 0 Å². The predicted molar refractivity (Wildman–Crippen MR) is 84.0 cm³/mol. The molecule has 3 heterocycles. The van der Waals surface area contributed by atoms with Gasteiger partial charge in [0.15, 0.2) is 17.3 Å². The Labute approximate surface area is 132 Å². The van der Waals surface area contributed by atoms with Gasteiger partial charge in [-0.25, -0.2) is 10.4 Å². The zero-order chi connectivity index (χ0) is 14.9. The van der Waals surface area contributed by atoms with Gasteiger partial charge in [-0.1, -0.05) is 17.7 Å². The topological polar surface area (TPSA) is 58.5 Å². The number of hydrazine groups is 1. The van der Waals surface area contributed by atoms with Crippen molar-refractivity contribution < 1.29 is 9.47 Å². The number of hydrogen-bond donors (Lipinski definition) is 1. The van der Waals surface area contributed by atoms with E-state index in [0.29, 0.717) is 6.54 Å². The molecule has 0 aliphatic carbocycles. The molecule has 0 amide bonds. The minimum Gasteiger partial charge on any atom is -0.454 e. The molecule has 3 aliphatic rings. The molecule has 0 aromatic heterocycles. The fourth-order valence-corrected chi connectivity index (χ4v) is 2.53. The third kappa shape index (κ3) is 2.47. The standard InChI is InChI=1S/C15H13ClN4O2/c16-15-17-8-11-2-1-5-20(14(11)19-15)18-7-10-3-4-12-13(6-10)22-9-21-12/h1-6,8,15,18H,7,9H2. The van der Waals surface area contributed by atoms with E-state index >= 15 is 0 Å². The lowest BCUT2D eigenvalue weighted by atomic mass is 10.2. The lowest BCUT2D eigenvalue weighted by molar-refractivity contribution is 0.174. The molecule has 0 bridgehead atoms. The second kappa shape index (κ2) is 5.47. The minimum atomic E-state index is -0.575. The van der Waals surface area contributed by atoms with Gasteiger partial charge in [0.05, 0.1) is 0 Å². The Bertz CT molecular complexity index is 726. The zero-order valence-electron chi connectivity index (χ0n) is 11.6. The summed E-state index contributed by atoms with van der Waals surface area (Å²) in [6, 6.07) is 5.88. The van der Waals surface area contributed by atoms with E-state index < -0.39 is 5.62 Å². The van der Waals surface area contributed by atoms with Crippen LogP contribution in [0.5, 0.6) is 11.5 Å². The zero-order valence-corrected chi connectivity index (χ0v) is 12.3. The molecule has 112 valence electrons. The molecule has 1 N–H and O–H groups in total. The summed E-state index contributed by atoms with van der Waals surface area (Å²) < 4.78 is 10.7. The van der Waals surface area contributed by atoms with E-state index in [1.165, 1.54) is 0 Å². The van der Waals surface area contributed by atoms with Gasteiger partial charge in [0, 0.05) is 24.5 Å². The minimum absolute atomic E-state index is 0.280. The molecule has 7 heteroatoms. The number of nitrogens with zero attached hydrogens (tertiary/aromatic N) is 3. The summed E-state index contributed by atoms with van der Waals surface area (Å²) >= 11 is 5.96. The number of allylic oxidation sites excluding steroid dienone is 2. The van der Waals surface area contributed by atoms with Crippen molar-refractivity contribution >= 4 is 23.7 Å². The molecule has 3 aliphatic heterocycles. The maximum atomic E-state index is 5.96. The Balaban J connectivity index is 1.48. The number of benzene rings is 1. The molecular weight excluding hydrogens is 304 g/mol. The lowest BCUT2D eigenvalue weighted by Crippen LogP contribution is -2.42. The second-order valence-corrected chi connectivity index (χ2v) is 5.29. The highest BCUT2D eigenvalue weighted by Crippen LogP contribution is 2.32. The van der Waals surface area contributed by atoms with Crippen LogP contribution < -0.4 is 14.9 Å². The van der Waals surface area contributed by atoms with Crippen LogP contribution in [0.25, 0.3) is 0 Å². The van der Waals surface area contributed by atoms with Gasteiger partial charge in [-0.2, -0.15) is 0 Å². The van der Waals surface area contributed by atoms with E-state index in [1.54, 1.807) is 6.21 Å². The third-order valence-electron chi connectivity index (χ3n) is 3.45. The van der Waals surface area contributed by atoms with Crippen molar-refractivity contribution in [3.8, 4) is 11.5 Å². The van der Waals surface area contributed by atoms with Gasteiger partial charge in [0.1, 0.15) is 0 Å². The Kier molecular flexibility index (Phi) is 3.32. The largest absolute Gasteiger partial charge is 0.454 e. The van der Waals surface area contributed by atoms with E-state index in [9.17, 15) is 0 Å². The molecule has 6 nitrogen and oxygen atoms in total. The molecule has 22 heavy (non-hydrogen) atoms. The van der Waals surface area contributed by atoms with Crippen LogP contribution in [-0.2, 0) is 6.54 Å². The van der Waals surface area contributed by atoms with E-state index in [1.807, 2.05) is 41.6 Å². The maximum absolute atomic E-state index is 5.96. The number of amidine groups is 1. The average molecular weight is 317 g/mol.